The van der Waals surface area contributed by atoms with Crippen LogP contribution in [0.3, 0.4) is 0 Å². The van der Waals surface area contributed by atoms with E-state index in [1.807, 2.05) is 0 Å². The van der Waals surface area contributed by atoms with Crippen LogP contribution < -0.4 is 5.32 Å². The smallest absolute Gasteiger partial charge is 0.252 e. The fraction of sp³-hybridized carbons (Fsp3) is 0.312. The first-order valence-electron chi connectivity index (χ1n) is 7.67. The Morgan fingerprint density at radius 3 is 2.60 bits per heavy atom. The molecule has 3 rings (SSSR count). The maximum atomic E-state index is 13.1. The number of rotatable bonds is 4. The molecule has 1 saturated heterocycles. The van der Waals surface area contributed by atoms with Crippen molar-refractivity contribution in [2.45, 2.75) is 17.1 Å². The van der Waals surface area contributed by atoms with Crippen LogP contribution in [-0.4, -0.2) is 31.7 Å². The number of halogens is 2. The van der Waals surface area contributed by atoms with Crippen LogP contribution in [0, 0.1) is 11.7 Å². The Labute approximate surface area is 154 Å². The van der Waals surface area contributed by atoms with E-state index >= 15 is 0 Å². The van der Waals surface area contributed by atoms with E-state index in [0.29, 0.717) is 22.7 Å². The number of anilines is 1. The molecule has 0 unspecified atom stereocenters. The molecule has 25 heavy (non-hydrogen) atoms. The minimum atomic E-state index is -3.48. The van der Waals surface area contributed by atoms with E-state index in [9.17, 15) is 17.6 Å². The van der Waals surface area contributed by atoms with E-state index < -0.39 is 15.8 Å². The predicted octanol–water partition coefficient (Wildman–Crippen LogP) is 3.58. The van der Waals surface area contributed by atoms with E-state index in [1.54, 1.807) is 17.5 Å². The predicted molar refractivity (Wildman–Crippen MR) is 95.8 cm³/mol. The summed E-state index contributed by atoms with van der Waals surface area (Å²) in [6, 6.07) is 7.04. The minimum absolute atomic E-state index is 0.131. The zero-order valence-corrected chi connectivity index (χ0v) is 15.5. The van der Waals surface area contributed by atoms with Crippen LogP contribution in [-0.2, 0) is 14.8 Å². The lowest BCUT2D eigenvalue weighted by atomic mass is 9.97. The quantitative estimate of drug-likeness (QED) is 0.849. The molecule has 2 heterocycles. The lowest BCUT2D eigenvalue weighted by Crippen LogP contribution is -2.41. The molecule has 1 fully saturated rings. The van der Waals surface area contributed by atoms with Crippen LogP contribution in [0.15, 0.2) is 39.9 Å². The number of hydrogen-bond acceptors (Lipinski definition) is 4. The zero-order valence-electron chi connectivity index (χ0n) is 13.1. The van der Waals surface area contributed by atoms with Gasteiger partial charge < -0.3 is 5.32 Å². The highest BCUT2D eigenvalue weighted by atomic mass is 35.5. The fourth-order valence-electron chi connectivity index (χ4n) is 2.72. The molecule has 0 bridgehead atoms. The van der Waals surface area contributed by atoms with Crippen molar-refractivity contribution in [3.05, 3.63) is 46.6 Å². The molecular formula is C16H16ClFN2O3S2. The second kappa shape index (κ2) is 7.41. The van der Waals surface area contributed by atoms with Gasteiger partial charge in [0, 0.05) is 19.0 Å². The molecule has 0 aliphatic carbocycles. The molecule has 0 atom stereocenters. The summed E-state index contributed by atoms with van der Waals surface area (Å²) in [6.45, 7) is 0.574. The summed E-state index contributed by atoms with van der Waals surface area (Å²) in [5.74, 6) is -1.02. The minimum Gasteiger partial charge on any atom is -0.325 e. The van der Waals surface area contributed by atoms with Crippen LogP contribution in [0.2, 0.25) is 5.02 Å². The number of benzene rings is 1. The van der Waals surface area contributed by atoms with E-state index in [-0.39, 0.29) is 29.9 Å². The number of carbonyl (C=O) groups excluding carboxylic acids is 1. The van der Waals surface area contributed by atoms with E-state index in [2.05, 4.69) is 5.32 Å². The number of amides is 1. The lowest BCUT2D eigenvalue weighted by molar-refractivity contribution is -0.120. The monoisotopic (exact) mass is 402 g/mol. The number of piperidine rings is 1. The van der Waals surface area contributed by atoms with Gasteiger partial charge in [-0.05, 0) is 42.5 Å². The first-order valence-corrected chi connectivity index (χ1v) is 10.4. The number of nitrogens with zero attached hydrogens (tertiary/aromatic N) is 1. The van der Waals surface area contributed by atoms with Gasteiger partial charge in [-0.1, -0.05) is 17.7 Å². The van der Waals surface area contributed by atoms with Gasteiger partial charge >= 0.3 is 0 Å². The summed E-state index contributed by atoms with van der Waals surface area (Å²) < 4.78 is 39.7. The third-order valence-corrected chi connectivity index (χ3v) is 7.69. The standard InChI is InChI=1S/C16H16ClFN2O3S2/c17-13-10-12(18)3-4-14(13)19-16(21)11-5-7-20(8-6-11)25(22,23)15-2-1-9-24-15/h1-4,9-11H,5-8H2,(H,19,21). The molecule has 5 nitrogen and oxygen atoms in total. The normalized spacial score (nSPS) is 16.7. The average molecular weight is 403 g/mol. The SMILES string of the molecule is O=C(Nc1ccc(F)cc1Cl)C1CCN(S(=O)(=O)c2cccs2)CC1. The molecule has 1 aliphatic rings. The maximum absolute atomic E-state index is 13.1. The highest BCUT2D eigenvalue weighted by molar-refractivity contribution is 7.91. The highest BCUT2D eigenvalue weighted by Crippen LogP contribution is 2.28. The van der Waals surface area contributed by atoms with Crippen molar-refractivity contribution >= 4 is 44.6 Å². The summed E-state index contributed by atoms with van der Waals surface area (Å²) in [4.78, 5) is 12.4. The molecule has 2 aromatic rings. The van der Waals surface area contributed by atoms with Gasteiger partial charge in [0.25, 0.3) is 10.0 Å². The van der Waals surface area contributed by atoms with Gasteiger partial charge in [0.2, 0.25) is 5.91 Å². The molecule has 9 heteroatoms. The van der Waals surface area contributed by atoms with Crippen LogP contribution in [0.1, 0.15) is 12.8 Å². The van der Waals surface area contributed by atoms with E-state index in [4.69, 9.17) is 11.6 Å². The Morgan fingerprint density at radius 2 is 2.00 bits per heavy atom. The molecule has 0 saturated carbocycles. The van der Waals surface area contributed by atoms with Gasteiger partial charge in [0.1, 0.15) is 10.0 Å². The van der Waals surface area contributed by atoms with Gasteiger partial charge in [-0.3, -0.25) is 4.79 Å². The largest absolute Gasteiger partial charge is 0.325 e. The Bertz CT molecular complexity index is 864. The zero-order chi connectivity index (χ0) is 18.0. The summed E-state index contributed by atoms with van der Waals surface area (Å²) in [6.07, 6.45) is 0.852. The molecule has 1 aromatic heterocycles. The third kappa shape index (κ3) is 4.03. The number of nitrogens with one attached hydrogen (secondary N) is 1. The fourth-order valence-corrected chi connectivity index (χ4v) is 5.55. The molecule has 0 spiro atoms. The Balaban J connectivity index is 1.61. The summed E-state index contributed by atoms with van der Waals surface area (Å²) in [5, 5.41) is 4.54. The van der Waals surface area contributed by atoms with Crippen molar-refractivity contribution in [2.24, 2.45) is 5.92 Å². The third-order valence-electron chi connectivity index (χ3n) is 4.10. The van der Waals surface area contributed by atoms with Crippen molar-refractivity contribution in [3.8, 4) is 0 Å². The second-order valence-electron chi connectivity index (χ2n) is 5.72. The Kier molecular flexibility index (Phi) is 5.43. The lowest BCUT2D eigenvalue weighted by Gasteiger charge is -2.30. The first kappa shape index (κ1) is 18.3. The number of hydrogen-bond donors (Lipinski definition) is 1. The van der Waals surface area contributed by atoms with Gasteiger partial charge in [-0.2, -0.15) is 4.31 Å². The number of thiophene rings is 1. The van der Waals surface area contributed by atoms with E-state index in [0.717, 1.165) is 6.07 Å². The molecule has 1 amide bonds. The number of carbonyl (C=O) groups is 1. The Hall–Kier alpha value is -1.48. The summed E-state index contributed by atoms with van der Waals surface area (Å²) in [5.41, 5.74) is 0.349. The van der Waals surface area contributed by atoms with Crippen LogP contribution in [0.5, 0.6) is 0 Å². The van der Waals surface area contributed by atoms with Crippen molar-refractivity contribution in [1.29, 1.82) is 0 Å². The second-order valence-corrected chi connectivity index (χ2v) is 9.24. The molecule has 134 valence electrons. The first-order chi connectivity index (χ1) is 11.9. The van der Waals surface area contributed by atoms with Crippen molar-refractivity contribution in [2.75, 3.05) is 18.4 Å². The van der Waals surface area contributed by atoms with Crippen molar-refractivity contribution in [3.63, 3.8) is 0 Å². The van der Waals surface area contributed by atoms with Crippen LogP contribution >= 0.6 is 22.9 Å². The van der Waals surface area contributed by atoms with Crippen molar-refractivity contribution < 1.29 is 17.6 Å². The summed E-state index contributed by atoms with van der Waals surface area (Å²) in [7, 11) is -3.48. The van der Waals surface area contributed by atoms with Gasteiger partial charge in [-0.25, -0.2) is 12.8 Å². The van der Waals surface area contributed by atoms with Gasteiger partial charge in [-0.15, -0.1) is 11.3 Å². The van der Waals surface area contributed by atoms with Gasteiger partial charge in [0.05, 0.1) is 10.7 Å². The molecule has 1 aromatic carbocycles. The topological polar surface area (TPSA) is 66.5 Å². The molecule has 0 radical (unpaired) electrons. The molecular weight excluding hydrogens is 387 g/mol. The highest BCUT2D eigenvalue weighted by Gasteiger charge is 2.32. The maximum Gasteiger partial charge on any atom is 0.252 e. The number of sulfonamides is 1. The Morgan fingerprint density at radius 1 is 1.28 bits per heavy atom. The van der Waals surface area contributed by atoms with Gasteiger partial charge in [0.15, 0.2) is 0 Å². The molecule has 1 N–H and O–H groups in total. The van der Waals surface area contributed by atoms with Crippen LogP contribution in [0.25, 0.3) is 0 Å². The average Bonchev–Trinajstić information content (AvgIpc) is 3.13. The van der Waals surface area contributed by atoms with E-state index in [1.165, 1.54) is 27.8 Å². The summed E-state index contributed by atoms with van der Waals surface area (Å²) >= 11 is 7.09. The van der Waals surface area contributed by atoms with Crippen molar-refractivity contribution in [1.82, 2.24) is 4.31 Å². The molecule has 1 aliphatic heterocycles. The van der Waals surface area contributed by atoms with Crippen LogP contribution in [0.4, 0.5) is 10.1 Å².